The molecule has 6 heteroatoms. The molecule has 0 aliphatic rings. The lowest BCUT2D eigenvalue weighted by Gasteiger charge is -2.24. The van der Waals surface area contributed by atoms with Crippen LogP contribution in [0.25, 0.3) is 0 Å². The minimum Gasteiger partial charge on any atom is -0.497 e. The Bertz CT molecular complexity index is 712. The van der Waals surface area contributed by atoms with E-state index in [1.54, 1.807) is 39.3 Å². The summed E-state index contributed by atoms with van der Waals surface area (Å²) in [5, 5.41) is 13.2. The molecule has 26 heavy (non-hydrogen) atoms. The van der Waals surface area contributed by atoms with Crippen molar-refractivity contribution in [2.24, 2.45) is 0 Å². The molecule has 0 aromatic heterocycles. The third-order valence-corrected chi connectivity index (χ3v) is 3.84. The highest BCUT2D eigenvalue weighted by atomic mass is 16.5. The third-order valence-electron chi connectivity index (χ3n) is 3.84. The first-order valence-electron chi connectivity index (χ1n) is 8.31. The molecule has 6 nitrogen and oxygen atoms in total. The van der Waals surface area contributed by atoms with Crippen molar-refractivity contribution < 1.29 is 24.1 Å². The van der Waals surface area contributed by atoms with E-state index >= 15 is 0 Å². The van der Waals surface area contributed by atoms with Crippen molar-refractivity contribution in [2.45, 2.75) is 18.9 Å². The van der Waals surface area contributed by atoms with Gasteiger partial charge in [-0.1, -0.05) is 24.3 Å². The van der Waals surface area contributed by atoms with Crippen molar-refractivity contribution in [3.05, 3.63) is 54.1 Å². The summed E-state index contributed by atoms with van der Waals surface area (Å²) in [7, 11) is 3.15. The summed E-state index contributed by atoms with van der Waals surface area (Å²) in [6.45, 7) is 1.64. The van der Waals surface area contributed by atoms with E-state index in [1.165, 1.54) is 0 Å². The smallest absolute Gasteiger partial charge is 0.258 e. The summed E-state index contributed by atoms with van der Waals surface area (Å²) in [6.07, 6.45) is 0.407. The lowest BCUT2D eigenvalue weighted by molar-refractivity contribution is -0.124. The van der Waals surface area contributed by atoms with Gasteiger partial charge in [0, 0.05) is 13.0 Å². The van der Waals surface area contributed by atoms with E-state index < -0.39 is 5.60 Å². The lowest BCUT2D eigenvalue weighted by Crippen LogP contribution is -2.43. The number of benzene rings is 2. The van der Waals surface area contributed by atoms with Gasteiger partial charge in [-0.3, -0.25) is 4.79 Å². The van der Waals surface area contributed by atoms with Crippen LogP contribution >= 0.6 is 0 Å². The van der Waals surface area contributed by atoms with Gasteiger partial charge in [-0.15, -0.1) is 0 Å². The molecule has 0 unspecified atom stereocenters. The highest BCUT2D eigenvalue weighted by molar-refractivity contribution is 5.77. The van der Waals surface area contributed by atoms with E-state index in [-0.39, 0.29) is 19.1 Å². The highest BCUT2D eigenvalue weighted by Gasteiger charge is 2.22. The highest BCUT2D eigenvalue weighted by Crippen LogP contribution is 2.25. The van der Waals surface area contributed by atoms with E-state index in [0.29, 0.717) is 17.9 Å². The SMILES string of the molecule is COc1ccc(C[C@](C)(O)CNC(=O)COc2ccccc2OC)cc1. The maximum absolute atomic E-state index is 12.0. The van der Waals surface area contributed by atoms with Gasteiger partial charge in [0.15, 0.2) is 18.1 Å². The number of carbonyl (C=O) groups is 1. The monoisotopic (exact) mass is 359 g/mol. The van der Waals surface area contributed by atoms with Gasteiger partial charge >= 0.3 is 0 Å². The second-order valence-corrected chi connectivity index (χ2v) is 6.24. The summed E-state index contributed by atoms with van der Waals surface area (Å²) in [6, 6.07) is 14.6. The van der Waals surface area contributed by atoms with Crippen molar-refractivity contribution in [1.82, 2.24) is 5.32 Å². The van der Waals surface area contributed by atoms with E-state index in [1.807, 2.05) is 30.3 Å². The van der Waals surface area contributed by atoms with Crippen LogP contribution in [-0.2, 0) is 11.2 Å². The van der Waals surface area contributed by atoms with Crippen LogP contribution in [0.1, 0.15) is 12.5 Å². The number of amides is 1. The fourth-order valence-corrected chi connectivity index (χ4v) is 2.47. The molecule has 0 aliphatic heterocycles. The van der Waals surface area contributed by atoms with Crippen LogP contribution in [0, 0.1) is 0 Å². The Labute approximate surface area is 153 Å². The van der Waals surface area contributed by atoms with Gasteiger partial charge < -0.3 is 24.6 Å². The Hall–Kier alpha value is -2.73. The molecule has 0 radical (unpaired) electrons. The zero-order valence-corrected chi connectivity index (χ0v) is 15.3. The van der Waals surface area contributed by atoms with Gasteiger partial charge in [-0.2, -0.15) is 0 Å². The molecule has 0 saturated carbocycles. The standard InChI is InChI=1S/C20H25NO5/c1-20(23,12-15-8-10-16(24-2)11-9-15)14-21-19(22)13-26-18-7-5-4-6-17(18)25-3/h4-11,23H,12-14H2,1-3H3,(H,21,22)/t20-/m0/s1. The van der Waals surface area contributed by atoms with E-state index in [0.717, 1.165) is 11.3 Å². The summed E-state index contributed by atoms with van der Waals surface area (Å²) < 4.78 is 15.8. The van der Waals surface area contributed by atoms with Gasteiger partial charge in [0.25, 0.3) is 5.91 Å². The quantitative estimate of drug-likeness (QED) is 0.718. The third kappa shape index (κ3) is 5.97. The second kappa shape index (κ2) is 9.10. The number of ether oxygens (including phenoxy) is 3. The number of aliphatic hydroxyl groups is 1. The Morgan fingerprint density at radius 3 is 2.31 bits per heavy atom. The molecule has 1 atom stereocenters. The molecule has 2 rings (SSSR count). The number of nitrogens with one attached hydrogen (secondary N) is 1. The van der Waals surface area contributed by atoms with Crippen molar-refractivity contribution in [1.29, 1.82) is 0 Å². The van der Waals surface area contributed by atoms with Gasteiger partial charge in [-0.25, -0.2) is 0 Å². The normalized spacial score (nSPS) is 12.8. The molecule has 140 valence electrons. The van der Waals surface area contributed by atoms with Gasteiger partial charge in [0.1, 0.15) is 5.75 Å². The molecular formula is C20H25NO5. The van der Waals surface area contributed by atoms with Crippen LogP contribution in [0.5, 0.6) is 17.2 Å². The molecular weight excluding hydrogens is 334 g/mol. The van der Waals surface area contributed by atoms with Crippen LogP contribution in [0.3, 0.4) is 0 Å². The fraction of sp³-hybridized carbons (Fsp3) is 0.350. The average Bonchev–Trinajstić information content (AvgIpc) is 2.65. The second-order valence-electron chi connectivity index (χ2n) is 6.24. The molecule has 2 N–H and O–H groups in total. The maximum atomic E-state index is 12.0. The van der Waals surface area contributed by atoms with Crippen molar-refractivity contribution in [3.63, 3.8) is 0 Å². The first-order valence-corrected chi connectivity index (χ1v) is 8.31. The Balaban J connectivity index is 1.81. The Morgan fingerprint density at radius 2 is 1.69 bits per heavy atom. The number of para-hydroxylation sites is 2. The topological polar surface area (TPSA) is 77.0 Å². The molecule has 0 fully saturated rings. The molecule has 2 aromatic carbocycles. The van der Waals surface area contributed by atoms with Crippen molar-refractivity contribution in [3.8, 4) is 17.2 Å². The van der Waals surface area contributed by atoms with Crippen LogP contribution in [-0.4, -0.2) is 44.0 Å². The van der Waals surface area contributed by atoms with Gasteiger partial charge in [0.2, 0.25) is 0 Å². The summed E-state index contributed by atoms with van der Waals surface area (Å²) >= 11 is 0. The predicted molar refractivity (Wildman–Crippen MR) is 98.8 cm³/mol. The minimum absolute atomic E-state index is 0.118. The van der Waals surface area contributed by atoms with E-state index in [2.05, 4.69) is 5.32 Å². The summed E-state index contributed by atoms with van der Waals surface area (Å²) in [5.74, 6) is 1.50. The molecule has 0 saturated heterocycles. The largest absolute Gasteiger partial charge is 0.497 e. The summed E-state index contributed by atoms with van der Waals surface area (Å²) in [5.41, 5.74) is -0.121. The van der Waals surface area contributed by atoms with Crippen LogP contribution in [0.15, 0.2) is 48.5 Å². The lowest BCUT2D eigenvalue weighted by atomic mass is 9.96. The van der Waals surface area contributed by atoms with Gasteiger partial charge in [0.05, 0.1) is 19.8 Å². The Morgan fingerprint density at radius 1 is 1.04 bits per heavy atom. The molecule has 0 heterocycles. The van der Waals surface area contributed by atoms with E-state index in [9.17, 15) is 9.90 Å². The predicted octanol–water partition coefficient (Wildman–Crippen LogP) is 2.19. The number of hydrogen-bond donors (Lipinski definition) is 2. The van der Waals surface area contributed by atoms with Crippen molar-refractivity contribution in [2.75, 3.05) is 27.4 Å². The molecule has 0 aliphatic carbocycles. The number of hydrogen-bond acceptors (Lipinski definition) is 5. The van der Waals surface area contributed by atoms with Crippen LogP contribution in [0.4, 0.5) is 0 Å². The Kier molecular flexibility index (Phi) is 6.86. The van der Waals surface area contributed by atoms with Crippen LogP contribution < -0.4 is 19.5 Å². The first-order chi connectivity index (χ1) is 12.4. The average molecular weight is 359 g/mol. The fourth-order valence-electron chi connectivity index (χ4n) is 2.47. The summed E-state index contributed by atoms with van der Waals surface area (Å²) in [4.78, 5) is 12.0. The van der Waals surface area contributed by atoms with Crippen molar-refractivity contribution >= 4 is 5.91 Å². The molecule has 2 aromatic rings. The minimum atomic E-state index is -1.07. The molecule has 0 spiro atoms. The molecule has 1 amide bonds. The maximum Gasteiger partial charge on any atom is 0.258 e. The van der Waals surface area contributed by atoms with E-state index in [4.69, 9.17) is 14.2 Å². The number of methoxy groups -OCH3 is 2. The first kappa shape index (κ1) is 19.6. The zero-order chi connectivity index (χ0) is 19.0. The van der Waals surface area contributed by atoms with Gasteiger partial charge in [-0.05, 0) is 36.8 Å². The number of carbonyl (C=O) groups excluding carboxylic acids is 1. The molecule has 0 bridgehead atoms. The zero-order valence-electron chi connectivity index (χ0n) is 15.3. The number of rotatable bonds is 9. The van der Waals surface area contributed by atoms with Crippen LogP contribution in [0.2, 0.25) is 0 Å².